The number of rotatable bonds is 3. The highest BCUT2D eigenvalue weighted by molar-refractivity contribution is 7.91. The highest BCUT2D eigenvalue weighted by Crippen LogP contribution is 2.25. The van der Waals surface area contributed by atoms with Crippen molar-refractivity contribution in [3.63, 3.8) is 0 Å². The maximum Gasteiger partial charge on any atom is 0.268 e. The third-order valence-corrected chi connectivity index (χ3v) is 5.82. The summed E-state index contributed by atoms with van der Waals surface area (Å²) in [7, 11) is -3.49. The summed E-state index contributed by atoms with van der Waals surface area (Å²) in [4.78, 5) is 4.17. The number of hydrogen-bond acceptors (Lipinski definition) is 5. The van der Waals surface area contributed by atoms with Crippen LogP contribution in [0.15, 0.2) is 28.6 Å². The predicted octanol–water partition coefficient (Wildman–Crippen LogP) is 0.937. The third kappa shape index (κ3) is 2.26. The van der Waals surface area contributed by atoms with Crippen LogP contribution in [-0.4, -0.2) is 32.5 Å². The predicted molar refractivity (Wildman–Crippen MR) is 71.2 cm³/mol. The molecule has 1 saturated heterocycles. The van der Waals surface area contributed by atoms with Gasteiger partial charge in [-0.3, -0.25) is 0 Å². The Morgan fingerprint density at radius 1 is 1.39 bits per heavy atom. The van der Waals surface area contributed by atoms with Gasteiger partial charge in [0.2, 0.25) is 4.34 Å². The normalized spacial score (nSPS) is 20.6. The zero-order chi connectivity index (χ0) is 12.6. The van der Waals surface area contributed by atoms with Gasteiger partial charge in [-0.1, -0.05) is 12.1 Å². The molecule has 0 spiro atoms. The zero-order valence-corrected chi connectivity index (χ0v) is 11.2. The Morgan fingerprint density at radius 2 is 2.22 bits per heavy atom. The standard InChI is InChI=1S/C11H13N3O2S2/c15-18(16,14-8-5-6-12-7-8)11-13-9-3-1-2-4-10(9)17-11/h1-4,8,12,14H,5-7H2/t8-/m1/s1. The summed E-state index contributed by atoms with van der Waals surface area (Å²) in [5.74, 6) is 0. The molecule has 2 N–H and O–H groups in total. The van der Waals surface area contributed by atoms with Gasteiger partial charge in [-0.2, -0.15) is 0 Å². The van der Waals surface area contributed by atoms with E-state index >= 15 is 0 Å². The molecular weight excluding hydrogens is 270 g/mol. The van der Waals surface area contributed by atoms with Crippen LogP contribution in [0.2, 0.25) is 0 Å². The number of thiazole rings is 1. The molecule has 1 aromatic carbocycles. The largest absolute Gasteiger partial charge is 0.315 e. The van der Waals surface area contributed by atoms with Crippen LogP contribution in [0.3, 0.4) is 0 Å². The number of fused-ring (bicyclic) bond motifs is 1. The molecular formula is C11H13N3O2S2. The Morgan fingerprint density at radius 3 is 2.94 bits per heavy atom. The summed E-state index contributed by atoms with van der Waals surface area (Å²) < 4.78 is 28.1. The fourth-order valence-corrected chi connectivity index (χ4v) is 4.50. The molecule has 0 aliphatic carbocycles. The monoisotopic (exact) mass is 283 g/mol. The van der Waals surface area contributed by atoms with E-state index in [2.05, 4.69) is 15.0 Å². The zero-order valence-electron chi connectivity index (χ0n) is 9.59. The molecule has 18 heavy (non-hydrogen) atoms. The Labute approximate surface area is 109 Å². The van der Waals surface area contributed by atoms with E-state index in [-0.39, 0.29) is 10.4 Å². The van der Waals surface area contributed by atoms with E-state index < -0.39 is 10.0 Å². The summed E-state index contributed by atoms with van der Waals surface area (Å²) in [6.07, 6.45) is 0.824. The van der Waals surface area contributed by atoms with Crippen molar-refractivity contribution in [1.82, 2.24) is 15.0 Å². The van der Waals surface area contributed by atoms with Gasteiger partial charge in [0.15, 0.2) is 0 Å². The molecule has 1 aromatic heterocycles. The van der Waals surface area contributed by atoms with Gasteiger partial charge in [-0.05, 0) is 25.1 Å². The van der Waals surface area contributed by atoms with E-state index in [4.69, 9.17) is 0 Å². The lowest BCUT2D eigenvalue weighted by Gasteiger charge is -2.09. The van der Waals surface area contributed by atoms with Crippen molar-refractivity contribution >= 4 is 31.6 Å². The lowest BCUT2D eigenvalue weighted by Crippen LogP contribution is -2.36. The Hall–Kier alpha value is -1.02. The van der Waals surface area contributed by atoms with Gasteiger partial charge in [-0.25, -0.2) is 18.1 Å². The molecule has 1 atom stereocenters. The van der Waals surface area contributed by atoms with Gasteiger partial charge in [-0.15, -0.1) is 11.3 Å². The summed E-state index contributed by atoms with van der Waals surface area (Å²) in [6.45, 7) is 1.54. The van der Waals surface area contributed by atoms with Crippen molar-refractivity contribution in [2.75, 3.05) is 13.1 Å². The molecule has 0 unspecified atom stereocenters. The number of aromatic nitrogens is 1. The molecule has 0 radical (unpaired) electrons. The van der Waals surface area contributed by atoms with E-state index in [1.165, 1.54) is 11.3 Å². The first-order chi connectivity index (χ1) is 8.65. The molecule has 7 heteroatoms. The smallest absolute Gasteiger partial charge is 0.268 e. The van der Waals surface area contributed by atoms with Crippen LogP contribution in [0.1, 0.15) is 6.42 Å². The average Bonchev–Trinajstić information content (AvgIpc) is 2.96. The van der Waals surface area contributed by atoms with Crippen molar-refractivity contribution in [2.24, 2.45) is 0 Å². The number of nitrogens with one attached hydrogen (secondary N) is 2. The first-order valence-electron chi connectivity index (χ1n) is 5.74. The molecule has 3 rings (SSSR count). The van der Waals surface area contributed by atoms with E-state index in [1.54, 1.807) is 0 Å². The molecule has 96 valence electrons. The molecule has 0 saturated carbocycles. The molecule has 1 fully saturated rings. The average molecular weight is 283 g/mol. The number of para-hydroxylation sites is 1. The number of hydrogen-bond donors (Lipinski definition) is 2. The van der Waals surface area contributed by atoms with Gasteiger partial charge in [0.05, 0.1) is 10.2 Å². The maximum atomic E-state index is 12.2. The number of nitrogens with zero attached hydrogens (tertiary/aromatic N) is 1. The van der Waals surface area contributed by atoms with Gasteiger partial charge in [0.25, 0.3) is 10.0 Å². The third-order valence-electron chi connectivity index (χ3n) is 2.89. The van der Waals surface area contributed by atoms with Gasteiger partial charge >= 0.3 is 0 Å². The fourth-order valence-electron chi connectivity index (χ4n) is 1.99. The fraction of sp³-hybridized carbons (Fsp3) is 0.364. The van der Waals surface area contributed by atoms with Gasteiger partial charge < -0.3 is 5.32 Å². The van der Waals surface area contributed by atoms with Crippen molar-refractivity contribution in [3.8, 4) is 0 Å². The maximum absolute atomic E-state index is 12.2. The van der Waals surface area contributed by atoms with Crippen molar-refractivity contribution in [3.05, 3.63) is 24.3 Å². The van der Waals surface area contributed by atoms with E-state index in [1.807, 2.05) is 24.3 Å². The quantitative estimate of drug-likeness (QED) is 0.879. The molecule has 0 bridgehead atoms. The van der Waals surface area contributed by atoms with Crippen LogP contribution in [-0.2, 0) is 10.0 Å². The first kappa shape index (κ1) is 12.0. The first-order valence-corrected chi connectivity index (χ1v) is 8.04. The van der Waals surface area contributed by atoms with Gasteiger partial charge in [0, 0.05) is 12.6 Å². The van der Waals surface area contributed by atoms with Crippen molar-refractivity contribution in [2.45, 2.75) is 16.8 Å². The lowest BCUT2D eigenvalue weighted by atomic mass is 10.3. The molecule has 1 aliphatic heterocycles. The lowest BCUT2D eigenvalue weighted by molar-refractivity contribution is 0.559. The molecule has 2 aromatic rings. The van der Waals surface area contributed by atoms with Gasteiger partial charge in [0.1, 0.15) is 0 Å². The van der Waals surface area contributed by atoms with E-state index in [0.29, 0.717) is 6.54 Å². The number of sulfonamides is 1. The van der Waals surface area contributed by atoms with Crippen LogP contribution < -0.4 is 10.0 Å². The van der Waals surface area contributed by atoms with Crippen LogP contribution in [0.4, 0.5) is 0 Å². The molecule has 1 aliphatic rings. The topological polar surface area (TPSA) is 71.1 Å². The summed E-state index contributed by atoms with van der Waals surface area (Å²) in [5.41, 5.74) is 0.729. The van der Waals surface area contributed by atoms with Crippen molar-refractivity contribution < 1.29 is 8.42 Å². The number of benzene rings is 1. The minimum atomic E-state index is -3.49. The minimum Gasteiger partial charge on any atom is -0.315 e. The van der Waals surface area contributed by atoms with Crippen LogP contribution in [0, 0.1) is 0 Å². The van der Waals surface area contributed by atoms with E-state index in [0.717, 1.165) is 23.2 Å². The van der Waals surface area contributed by atoms with Crippen LogP contribution >= 0.6 is 11.3 Å². The van der Waals surface area contributed by atoms with Crippen molar-refractivity contribution in [1.29, 1.82) is 0 Å². The second-order valence-corrected chi connectivity index (χ2v) is 7.18. The molecule has 0 amide bonds. The summed E-state index contributed by atoms with van der Waals surface area (Å²) in [5, 5.41) is 3.13. The van der Waals surface area contributed by atoms with Crippen LogP contribution in [0.5, 0.6) is 0 Å². The minimum absolute atomic E-state index is 0.0259. The molecule has 5 nitrogen and oxygen atoms in total. The second kappa shape index (κ2) is 4.58. The highest BCUT2D eigenvalue weighted by atomic mass is 32.2. The Balaban J connectivity index is 1.92. The summed E-state index contributed by atoms with van der Waals surface area (Å²) in [6, 6.07) is 7.41. The van der Waals surface area contributed by atoms with E-state index in [9.17, 15) is 8.42 Å². The highest BCUT2D eigenvalue weighted by Gasteiger charge is 2.25. The molecule has 2 heterocycles. The second-order valence-electron chi connectivity index (χ2n) is 4.26. The SMILES string of the molecule is O=S(=O)(N[C@@H]1CCNC1)c1nc2ccccc2s1. The summed E-state index contributed by atoms with van der Waals surface area (Å²) >= 11 is 1.21. The Bertz CT molecular complexity index is 627. The van der Waals surface area contributed by atoms with Crippen LogP contribution in [0.25, 0.3) is 10.2 Å². The Kier molecular flexibility index (Phi) is 3.06.